The van der Waals surface area contributed by atoms with Gasteiger partial charge in [-0.1, -0.05) is 24.3 Å². The van der Waals surface area contributed by atoms with Crippen molar-refractivity contribution < 1.29 is 4.79 Å². The van der Waals surface area contributed by atoms with Gasteiger partial charge in [0, 0.05) is 15.8 Å². The second-order valence-electron chi connectivity index (χ2n) is 4.69. The Morgan fingerprint density at radius 3 is 2.55 bits per heavy atom. The van der Waals surface area contributed by atoms with Gasteiger partial charge in [0.05, 0.1) is 0 Å². The van der Waals surface area contributed by atoms with Gasteiger partial charge < -0.3 is 10.6 Å². The van der Waals surface area contributed by atoms with Crippen molar-refractivity contribution in [3.63, 3.8) is 0 Å². The smallest absolute Gasteiger partial charge is 0.319 e. The van der Waals surface area contributed by atoms with Crippen molar-refractivity contribution in [2.24, 2.45) is 0 Å². The topological polar surface area (TPSA) is 41.1 Å². The van der Waals surface area contributed by atoms with E-state index >= 15 is 0 Å². The number of hydrogen-bond donors (Lipinski definition) is 2. The predicted molar refractivity (Wildman–Crippen MR) is 90.9 cm³/mol. The minimum Gasteiger partial charge on any atom is -0.334 e. The maximum Gasteiger partial charge on any atom is 0.319 e. The van der Waals surface area contributed by atoms with Crippen LogP contribution in [0, 0.1) is 17.4 Å². The fourth-order valence-corrected chi connectivity index (χ4v) is 2.56. The van der Waals surface area contributed by atoms with Crippen molar-refractivity contribution in [1.29, 1.82) is 0 Å². The molecule has 0 fully saturated rings. The highest BCUT2D eigenvalue weighted by Crippen LogP contribution is 2.17. The average molecular weight is 380 g/mol. The first kappa shape index (κ1) is 14.8. The van der Waals surface area contributed by atoms with Crippen molar-refractivity contribution in [1.82, 2.24) is 5.32 Å². The van der Waals surface area contributed by atoms with Gasteiger partial charge in [0.2, 0.25) is 0 Å². The zero-order chi connectivity index (χ0) is 14.5. The molecule has 0 aliphatic heterocycles. The summed E-state index contributed by atoms with van der Waals surface area (Å²) in [6.07, 6.45) is 0. The minimum absolute atomic E-state index is 0.183. The number of carbonyl (C=O) groups is 1. The number of urea groups is 1. The van der Waals surface area contributed by atoms with Gasteiger partial charge in [-0.3, -0.25) is 0 Å². The zero-order valence-corrected chi connectivity index (χ0v) is 13.7. The summed E-state index contributed by atoms with van der Waals surface area (Å²) in [5.74, 6) is 0. The van der Waals surface area contributed by atoms with E-state index in [-0.39, 0.29) is 6.03 Å². The van der Waals surface area contributed by atoms with E-state index < -0.39 is 0 Å². The quantitative estimate of drug-likeness (QED) is 0.769. The molecule has 2 aromatic carbocycles. The molecule has 0 heterocycles. The Morgan fingerprint density at radius 1 is 1.10 bits per heavy atom. The first-order valence-electron chi connectivity index (χ1n) is 6.42. The molecule has 0 saturated heterocycles. The van der Waals surface area contributed by atoms with Gasteiger partial charge in [-0.15, -0.1) is 0 Å². The van der Waals surface area contributed by atoms with E-state index in [2.05, 4.69) is 33.2 Å². The number of halogens is 1. The molecule has 0 aliphatic carbocycles. The van der Waals surface area contributed by atoms with Gasteiger partial charge in [0.15, 0.2) is 0 Å². The molecule has 104 valence electrons. The van der Waals surface area contributed by atoms with Gasteiger partial charge in [-0.2, -0.15) is 0 Å². The second-order valence-corrected chi connectivity index (χ2v) is 5.94. The summed E-state index contributed by atoms with van der Waals surface area (Å²) in [5, 5.41) is 5.75. The van der Waals surface area contributed by atoms with Gasteiger partial charge in [0.25, 0.3) is 0 Å². The standard InChI is InChI=1S/C16H17IN2O/c1-11-5-3-4-6-13(11)10-18-16(20)19-15-8-7-14(17)9-12(15)2/h3-9H,10H2,1-2H3,(H2,18,19,20). The lowest BCUT2D eigenvalue weighted by molar-refractivity contribution is 0.251. The largest absolute Gasteiger partial charge is 0.334 e. The van der Waals surface area contributed by atoms with Crippen LogP contribution in [0.4, 0.5) is 10.5 Å². The molecular weight excluding hydrogens is 363 g/mol. The van der Waals surface area contributed by atoms with E-state index in [1.807, 2.05) is 56.3 Å². The lowest BCUT2D eigenvalue weighted by Crippen LogP contribution is -2.28. The summed E-state index contributed by atoms with van der Waals surface area (Å²) >= 11 is 2.26. The second kappa shape index (κ2) is 6.74. The first-order chi connectivity index (χ1) is 9.56. The molecule has 0 radical (unpaired) electrons. The average Bonchev–Trinajstić information content (AvgIpc) is 2.41. The maximum absolute atomic E-state index is 11.9. The lowest BCUT2D eigenvalue weighted by atomic mass is 10.1. The summed E-state index contributed by atoms with van der Waals surface area (Å²) < 4.78 is 1.16. The van der Waals surface area contributed by atoms with E-state index in [1.54, 1.807) is 0 Å². The Kier molecular flexibility index (Phi) is 5.00. The molecule has 3 nitrogen and oxygen atoms in total. The van der Waals surface area contributed by atoms with Crippen LogP contribution in [0.25, 0.3) is 0 Å². The predicted octanol–water partition coefficient (Wildman–Crippen LogP) is 4.23. The third-order valence-electron chi connectivity index (χ3n) is 3.14. The highest BCUT2D eigenvalue weighted by molar-refractivity contribution is 14.1. The molecule has 0 saturated carbocycles. The van der Waals surface area contributed by atoms with Crippen LogP contribution in [0.1, 0.15) is 16.7 Å². The van der Waals surface area contributed by atoms with Crippen LogP contribution in [0.3, 0.4) is 0 Å². The van der Waals surface area contributed by atoms with Crippen molar-refractivity contribution >= 4 is 34.3 Å². The van der Waals surface area contributed by atoms with Crippen LogP contribution in [0.5, 0.6) is 0 Å². The van der Waals surface area contributed by atoms with Crippen LogP contribution in [-0.4, -0.2) is 6.03 Å². The van der Waals surface area contributed by atoms with Crippen molar-refractivity contribution in [2.75, 3.05) is 5.32 Å². The molecule has 0 unspecified atom stereocenters. The third kappa shape index (κ3) is 3.96. The summed E-state index contributed by atoms with van der Waals surface area (Å²) in [5.41, 5.74) is 4.20. The van der Waals surface area contributed by atoms with Gasteiger partial charge in [0.1, 0.15) is 0 Å². The van der Waals surface area contributed by atoms with Crippen LogP contribution < -0.4 is 10.6 Å². The van der Waals surface area contributed by atoms with Crippen molar-refractivity contribution in [2.45, 2.75) is 20.4 Å². The number of amides is 2. The molecule has 20 heavy (non-hydrogen) atoms. The number of nitrogens with one attached hydrogen (secondary N) is 2. The Hall–Kier alpha value is -1.56. The van der Waals surface area contributed by atoms with E-state index in [0.717, 1.165) is 20.4 Å². The SMILES string of the molecule is Cc1ccccc1CNC(=O)Nc1ccc(I)cc1C. The van der Waals surface area contributed by atoms with E-state index in [0.29, 0.717) is 6.54 Å². The zero-order valence-electron chi connectivity index (χ0n) is 11.5. The van der Waals surface area contributed by atoms with Gasteiger partial charge in [-0.25, -0.2) is 4.79 Å². The summed E-state index contributed by atoms with van der Waals surface area (Å²) in [6.45, 7) is 4.55. The van der Waals surface area contributed by atoms with E-state index in [9.17, 15) is 4.79 Å². The molecule has 0 atom stereocenters. The molecule has 0 aliphatic rings. The number of hydrogen-bond acceptors (Lipinski definition) is 1. The van der Waals surface area contributed by atoms with Crippen molar-refractivity contribution in [3.05, 3.63) is 62.7 Å². The molecule has 2 rings (SSSR count). The van der Waals surface area contributed by atoms with E-state index in [4.69, 9.17) is 0 Å². The monoisotopic (exact) mass is 380 g/mol. The molecular formula is C16H17IN2O. The Bertz CT molecular complexity index is 626. The van der Waals surface area contributed by atoms with E-state index in [1.165, 1.54) is 5.56 Å². The molecule has 2 amide bonds. The Morgan fingerprint density at radius 2 is 1.85 bits per heavy atom. The number of benzene rings is 2. The molecule has 4 heteroatoms. The maximum atomic E-state index is 11.9. The number of rotatable bonds is 3. The normalized spacial score (nSPS) is 10.2. The van der Waals surface area contributed by atoms with Crippen molar-refractivity contribution in [3.8, 4) is 0 Å². The molecule has 0 spiro atoms. The molecule has 2 aromatic rings. The molecule has 0 aromatic heterocycles. The summed E-state index contributed by atoms with van der Waals surface area (Å²) in [4.78, 5) is 11.9. The highest BCUT2D eigenvalue weighted by atomic mass is 127. The fraction of sp³-hybridized carbons (Fsp3) is 0.188. The van der Waals surface area contributed by atoms with Gasteiger partial charge >= 0.3 is 6.03 Å². The summed E-state index contributed by atoms with van der Waals surface area (Å²) in [7, 11) is 0. The molecule has 0 bridgehead atoms. The first-order valence-corrected chi connectivity index (χ1v) is 7.49. The Balaban J connectivity index is 1.94. The van der Waals surface area contributed by atoms with Gasteiger partial charge in [-0.05, 0) is 71.3 Å². The van der Waals surface area contributed by atoms with Crippen LogP contribution >= 0.6 is 22.6 Å². The summed E-state index contributed by atoms with van der Waals surface area (Å²) in [6, 6.07) is 13.8. The van der Waals surface area contributed by atoms with Crippen LogP contribution in [-0.2, 0) is 6.54 Å². The van der Waals surface area contributed by atoms with Crippen LogP contribution in [0.15, 0.2) is 42.5 Å². The number of anilines is 1. The van der Waals surface area contributed by atoms with Crippen LogP contribution in [0.2, 0.25) is 0 Å². The number of aryl methyl sites for hydroxylation is 2. The Labute approximate surface area is 132 Å². The third-order valence-corrected chi connectivity index (χ3v) is 3.81. The number of carbonyl (C=O) groups excluding carboxylic acids is 1. The minimum atomic E-state index is -0.183. The lowest BCUT2D eigenvalue weighted by Gasteiger charge is -2.11. The highest BCUT2D eigenvalue weighted by Gasteiger charge is 2.05. The molecule has 2 N–H and O–H groups in total. The fourth-order valence-electron chi connectivity index (χ4n) is 1.92.